The number of nitrogen functional groups attached to an aromatic ring is 1. The SMILES string of the molecule is COc1c(/C=C(\C#N)c2nn(-c3ccccc3)c(N)c2C#N)cc([N+](=O)[O-])cc1[N+](=O)[O-]. The third-order valence-corrected chi connectivity index (χ3v) is 4.40. The number of hydrogen-bond acceptors (Lipinski definition) is 9. The van der Waals surface area contributed by atoms with Crippen molar-refractivity contribution < 1.29 is 14.6 Å². The Balaban J connectivity index is 2.28. The van der Waals surface area contributed by atoms with Gasteiger partial charge >= 0.3 is 5.69 Å². The van der Waals surface area contributed by atoms with Crippen LogP contribution in [0.5, 0.6) is 5.75 Å². The Morgan fingerprint density at radius 1 is 1.19 bits per heavy atom. The lowest BCUT2D eigenvalue weighted by atomic mass is 10.0. The van der Waals surface area contributed by atoms with E-state index in [1.54, 1.807) is 30.3 Å². The number of allylic oxidation sites excluding steroid dienone is 1. The molecule has 0 aliphatic heterocycles. The summed E-state index contributed by atoms with van der Waals surface area (Å²) in [6, 6.07) is 14.2. The number of nitro groups is 2. The van der Waals surface area contributed by atoms with Crippen LogP contribution in [0.3, 0.4) is 0 Å². The minimum absolute atomic E-state index is 0.0214. The Morgan fingerprint density at radius 2 is 1.88 bits per heavy atom. The van der Waals surface area contributed by atoms with E-state index in [0.29, 0.717) is 5.69 Å². The molecular formula is C20H13N7O5. The zero-order valence-corrected chi connectivity index (χ0v) is 16.4. The summed E-state index contributed by atoms with van der Waals surface area (Å²) in [5, 5.41) is 46.2. The number of para-hydroxylation sites is 1. The maximum atomic E-state index is 11.4. The summed E-state index contributed by atoms with van der Waals surface area (Å²) in [6.45, 7) is 0. The van der Waals surface area contributed by atoms with Gasteiger partial charge in [-0.05, 0) is 18.2 Å². The highest BCUT2D eigenvalue weighted by Gasteiger charge is 2.26. The number of methoxy groups -OCH3 is 1. The fraction of sp³-hybridized carbons (Fsp3) is 0.0500. The molecule has 1 heterocycles. The number of nitrogens with zero attached hydrogens (tertiary/aromatic N) is 6. The first-order valence-electron chi connectivity index (χ1n) is 8.79. The minimum Gasteiger partial charge on any atom is -0.490 e. The number of nitro benzene ring substituents is 2. The van der Waals surface area contributed by atoms with Gasteiger partial charge in [-0.3, -0.25) is 20.2 Å². The lowest BCUT2D eigenvalue weighted by Crippen LogP contribution is -2.02. The van der Waals surface area contributed by atoms with Crippen molar-refractivity contribution >= 4 is 28.8 Å². The Hall–Kier alpha value is -5.23. The monoisotopic (exact) mass is 431 g/mol. The van der Waals surface area contributed by atoms with Gasteiger partial charge in [0.15, 0.2) is 0 Å². The van der Waals surface area contributed by atoms with Gasteiger partial charge in [-0.25, -0.2) is 4.68 Å². The third-order valence-electron chi connectivity index (χ3n) is 4.40. The summed E-state index contributed by atoms with van der Waals surface area (Å²) in [5.41, 5.74) is 4.87. The van der Waals surface area contributed by atoms with Gasteiger partial charge in [0, 0.05) is 11.6 Å². The molecule has 0 spiro atoms. The molecular weight excluding hydrogens is 418 g/mol. The molecule has 0 bridgehead atoms. The summed E-state index contributed by atoms with van der Waals surface area (Å²) < 4.78 is 6.35. The Morgan fingerprint density at radius 3 is 2.41 bits per heavy atom. The molecule has 2 aromatic carbocycles. The molecule has 0 unspecified atom stereocenters. The number of nitriles is 2. The topological polar surface area (TPSA) is 187 Å². The third kappa shape index (κ3) is 3.79. The van der Waals surface area contributed by atoms with Gasteiger partial charge in [0.1, 0.15) is 29.2 Å². The van der Waals surface area contributed by atoms with Crippen LogP contribution in [0.1, 0.15) is 16.8 Å². The van der Waals surface area contributed by atoms with E-state index in [4.69, 9.17) is 10.5 Å². The second-order valence-electron chi connectivity index (χ2n) is 6.24. The van der Waals surface area contributed by atoms with Gasteiger partial charge in [-0.15, -0.1) is 0 Å². The Bertz CT molecular complexity index is 1350. The predicted molar refractivity (Wildman–Crippen MR) is 112 cm³/mol. The number of ether oxygens (including phenoxy) is 1. The smallest absolute Gasteiger partial charge is 0.318 e. The van der Waals surface area contributed by atoms with E-state index in [1.165, 1.54) is 4.68 Å². The van der Waals surface area contributed by atoms with Crippen LogP contribution in [-0.2, 0) is 0 Å². The zero-order chi connectivity index (χ0) is 23.4. The van der Waals surface area contributed by atoms with E-state index in [-0.39, 0.29) is 34.0 Å². The van der Waals surface area contributed by atoms with Crippen molar-refractivity contribution in [3.05, 3.63) is 79.5 Å². The number of nitrogens with two attached hydrogens (primary N) is 1. The van der Waals surface area contributed by atoms with Crippen LogP contribution in [0, 0.1) is 42.9 Å². The van der Waals surface area contributed by atoms with Crippen LogP contribution >= 0.6 is 0 Å². The van der Waals surface area contributed by atoms with Crippen LogP contribution in [0.4, 0.5) is 17.2 Å². The number of anilines is 1. The van der Waals surface area contributed by atoms with Gasteiger partial charge in [0.2, 0.25) is 5.75 Å². The first kappa shape index (κ1) is 21.5. The molecule has 0 atom stereocenters. The molecule has 0 amide bonds. The van der Waals surface area contributed by atoms with E-state index in [0.717, 1.165) is 25.3 Å². The van der Waals surface area contributed by atoms with E-state index in [1.807, 2.05) is 12.1 Å². The van der Waals surface area contributed by atoms with Crippen molar-refractivity contribution in [1.29, 1.82) is 10.5 Å². The first-order valence-corrected chi connectivity index (χ1v) is 8.79. The standard InChI is InChI=1S/C20H13N7O5/c1-32-19-12(8-15(26(28)29)9-17(19)27(30)31)7-13(10-21)18-16(11-22)20(23)25(24-18)14-5-3-2-4-6-14/h2-9H,23H2,1H3/b13-7+. The van der Waals surface area contributed by atoms with E-state index in [2.05, 4.69) is 5.10 Å². The van der Waals surface area contributed by atoms with Crippen LogP contribution in [0.2, 0.25) is 0 Å². The minimum atomic E-state index is -0.835. The van der Waals surface area contributed by atoms with Crippen molar-refractivity contribution in [2.75, 3.05) is 12.8 Å². The lowest BCUT2D eigenvalue weighted by molar-refractivity contribution is -0.394. The Labute approximate surface area is 180 Å². The molecule has 0 fully saturated rings. The van der Waals surface area contributed by atoms with Crippen LogP contribution in [0.15, 0.2) is 42.5 Å². The van der Waals surface area contributed by atoms with Gasteiger partial charge in [-0.2, -0.15) is 15.6 Å². The van der Waals surface area contributed by atoms with Crippen LogP contribution < -0.4 is 10.5 Å². The van der Waals surface area contributed by atoms with Crippen molar-refractivity contribution in [2.45, 2.75) is 0 Å². The molecule has 158 valence electrons. The zero-order valence-electron chi connectivity index (χ0n) is 16.4. The van der Waals surface area contributed by atoms with Gasteiger partial charge < -0.3 is 10.5 Å². The highest BCUT2D eigenvalue weighted by molar-refractivity contribution is 5.93. The number of hydrogen-bond donors (Lipinski definition) is 1. The van der Waals surface area contributed by atoms with Crippen molar-refractivity contribution in [3.8, 4) is 23.6 Å². The fourth-order valence-electron chi connectivity index (χ4n) is 3.00. The number of non-ortho nitro benzene ring substituents is 1. The largest absolute Gasteiger partial charge is 0.490 e. The molecule has 32 heavy (non-hydrogen) atoms. The maximum Gasteiger partial charge on any atom is 0.318 e. The highest BCUT2D eigenvalue weighted by Crippen LogP contribution is 2.38. The molecule has 3 aromatic rings. The molecule has 0 radical (unpaired) electrons. The quantitative estimate of drug-likeness (QED) is 0.347. The lowest BCUT2D eigenvalue weighted by Gasteiger charge is -2.06. The second-order valence-corrected chi connectivity index (χ2v) is 6.24. The molecule has 0 saturated heterocycles. The number of benzene rings is 2. The normalized spacial score (nSPS) is 10.8. The molecule has 0 saturated carbocycles. The van der Waals surface area contributed by atoms with Crippen LogP contribution in [0.25, 0.3) is 17.3 Å². The molecule has 0 aliphatic carbocycles. The maximum absolute atomic E-state index is 11.4. The average Bonchev–Trinajstić information content (AvgIpc) is 3.13. The molecule has 0 aliphatic rings. The summed E-state index contributed by atoms with van der Waals surface area (Å²) in [5.74, 6) is -0.311. The van der Waals surface area contributed by atoms with Crippen molar-refractivity contribution in [3.63, 3.8) is 0 Å². The predicted octanol–water partition coefficient (Wildman–Crippen LogP) is 3.22. The molecule has 2 N–H and O–H groups in total. The van der Waals surface area contributed by atoms with Gasteiger partial charge in [-0.1, -0.05) is 18.2 Å². The van der Waals surface area contributed by atoms with Crippen LogP contribution in [-0.4, -0.2) is 26.7 Å². The van der Waals surface area contributed by atoms with Gasteiger partial charge in [0.05, 0.1) is 34.3 Å². The van der Waals surface area contributed by atoms with Crippen molar-refractivity contribution in [2.24, 2.45) is 0 Å². The summed E-state index contributed by atoms with van der Waals surface area (Å²) in [6.07, 6.45) is 1.12. The molecule has 12 heteroatoms. The van der Waals surface area contributed by atoms with E-state index >= 15 is 0 Å². The molecule has 1 aromatic heterocycles. The molecule has 3 rings (SSSR count). The summed E-state index contributed by atoms with van der Waals surface area (Å²) in [4.78, 5) is 21.0. The number of aromatic nitrogens is 2. The summed E-state index contributed by atoms with van der Waals surface area (Å²) in [7, 11) is 1.15. The first-order chi connectivity index (χ1) is 15.3. The Kier molecular flexibility index (Phi) is 5.80. The number of rotatable bonds is 6. The molecule has 12 nitrogen and oxygen atoms in total. The van der Waals surface area contributed by atoms with E-state index < -0.39 is 21.2 Å². The second kappa shape index (κ2) is 8.64. The van der Waals surface area contributed by atoms with Gasteiger partial charge in [0.25, 0.3) is 5.69 Å². The summed E-state index contributed by atoms with van der Waals surface area (Å²) >= 11 is 0. The fourth-order valence-corrected chi connectivity index (χ4v) is 3.00. The highest BCUT2D eigenvalue weighted by atomic mass is 16.6. The average molecular weight is 431 g/mol. The van der Waals surface area contributed by atoms with E-state index in [9.17, 15) is 30.8 Å². The van der Waals surface area contributed by atoms with Crippen molar-refractivity contribution in [1.82, 2.24) is 9.78 Å².